The molecule has 0 saturated heterocycles. The largest absolute Gasteiger partial charge is 0.493 e. The summed E-state index contributed by atoms with van der Waals surface area (Å²) in [5, 5.41) is 9.88. The van der Waals surface area contributed by atoms with E-state index >= 15 is 0 Å². The molecule has 1 aromatic heterocycles. The average Bonchev–Trinajstić information content (AvgIpc) is 3.21. The fraction of sp³-hybridized carbons (Fsp3) is 0.238. The van der Waals surface area contributed by atoms with E-state index in [0.29, 0.717) is 29.3 Å². The van der Waals surface area contributed by atoms with Crippen LogP contribution in [0.1, 0.15) is 28.4 Å². The summed E-state index contributed by atoms with van der Waals surface area (Å²) in [6, 6.07) is 13.7. The van der Waals surface area contributed by atoms with Crippen LogP contribution in [0.4, 0.5) is 0 Å². The van der Waals surface area contributed by atoms with Crippen LogP contribution in [0.2, 0.25) is 0 Å². The van der Waals surface area contributed by atoms with Crippen LogP contribution >= 0.6 is 0 Å². The molecule has 0 aliphatic heterocycles. The third-order valence-corrected chi connectivity index (χ3v) is 4.44. The lowest BCUT2D eigenvalue weighted by Crippen LogP contribution is -2.23. The molecule has 2 N–H and O–H groups in total. The van der Waals surface area contributed by atoms with Gasteiger partial charge in [-0.3, -0.25) is 9.89 Å². The van der Waals surface area contributed by atoms with Crippen molar-refractivity contribution >= 4 is 5.91 Å². The fourth-order valence-electron chi connectivity index (χ4n) is 2.84. The minimum Gasteiger partial charge on any atom is -0.493 e. The molecule has 6 nitrogen and oxygen atoms in total. The van der Waals surface area contributed by atoms with Gasteiger partial charge in [0, 0.05) is 12.1 Å². The van der Waals surface area contributed by atoms with Crippen LogP contribution in [0, 0.1) is 0 Å². The van der Waals surface area contributed by atoms with E-state index in [2.05, 4.69) is 34.6 Å². The number of hydrogen-bond donors (Lipinski definition) is 2. The van der Waals surface area contributed by atoms with Gasteiger partial charge in [-0.05, 0) is 35.7 Å². The molecule has 140 valence electrons. The van der Waals surface area contributed by atoms with Crippen molar-refractivity contribution in [2.45, 2.75) is 19.9 Å². The number of rotatable bonds is 7. The van der Waals surface area contributed by atoms with Gasteiger partial charge in [-0.25, -0.2) is 0 Å². The average molecular weight is 365 g/mol. The molecule has 27 heavy (non-hydrogen) atoms. The molecule has 0 saturated carbocycles. The number of nitrogens with zero attached hydrogens (tertiary/aromatic N) is 1. The Morgan fingerprint density at radius 3 is 2.41 bits per heavy atom. The van der Waals surface area contributed by atoms with Crippen molar-refractivity contribution < 1.29 is 14.3 Å². The van der Waals surface area contributed by atoms with E-state index < -0.39 is 0 Å². The highest BCUT2D eigenvalue weighted by atomic mass is 16.5. The van der Waals surface area contributed by atoms with E-state index in [9.17, 15) is 4.79 Å². The van der Waals surface area contributed by atoms with Gasteiger partial charge in [0.2, 0.25) is 0 Å². The summed E-state index contributed by atoms with van der Waals surface area (Å²) in [5.74, 6) is 1.03. The lowest BCUT2D eigenvalue weighted by atomic mass is 10.1. The Kier molecular flexibility index (Phi) is 5.76. The number of amides is 1. The van der Waals surface area contributed by atoms with Crippen LogP contribution in [0.15, 0.2) is 48.7 Å². The Morgan fingerprint density at radius 1 is 1.04 bits per heavy atom. The molecule has 0 unspecified atom stereocenters. The first kappa shape index (κ1) is 18.5. The third-order valence-electron chi connectivity index (χ3n) is 4.44. The van der Waals surface area contributed by atoms with E-state index in [4.69, 9.17) is 9.47 Å². The second-order valence-electron chi connectivity index (χ2n) is 6.08. The van der Waals surface area contributed by atoms with Crippen LogP contribution < -0.4 is 14.8 Å². The van der Waals surface area contributed by atoms with Gasteiger partial charge in [-0.15, -0.1) is 0 Å². The van der Waals surface area contributed by atoms with Gasteiger partial charge >= 0.3 is 0 Å². The second kappa shape index (κ2) is 8.40. The maximum atomic E-state index is 12.6. The minimum atomic E-state index is -0.187. The van der Waals surface area contributed by atoms with Gasteiger partial charge in [0.1, 0.15) is 0 Å². The quantitative estimate of drug-likeness (QED) is 0.671. The number of nitrogens with one attached hydrogen (secondary N) is 2. The molecule has 0 atom stereocenters. The van der Waals surface area contributed by atoms with E-state index in [1.54, 1.807) is 20.3 Å². The molecule has 0 radical (unpaired) electrons. The van der Waals surface area contributed by atoms with E-state index in [1.165, 1.54) is 11.8 Å². The molecule has 0 bridgehead atoms. The first-order valence-electron chi connectivity index (χ1n) is 8.78. The Bertz CT molecular complexity index is 917. The highest BCUT2D eigenvalue weighted by molar-refractivity contribution is 5.99. The summed E-state index contributed by atoms with van der Waals surface area (Å²) in [5.41, 5.74) is 4.23. The number of carbonyl (C=O) groups excluding carboxylic acids is 1. The van der Waals surface area contributed by atoms with Crippen molar-refractivity contribution in [1.82, 2.24) is 15.5 Å². The van der Waals surface area contributed by atoms with Crippen LogP contribution in [-0.4, -0.2) is 30.3 Å². The molecule has 1 heterocycles. The molecular formula is C21H23N3O3. The smallest absolute Gasteiger partial charge is 0.255 e. The molecule has 2 aromatic carbocycles. The molecule has 3 aromatic rings. The van der Waals surface area contributed by atoms with Crippen LogP contribution in [0.5, 0.6) is 11.5 Å². The highest BCUT2D eigenvalue weighted by Crippen LogP contribution is 2.32. The van der Waals surface area contributed by atoms with E-state index in [-0.39, 0.29) is 5.91 Å². The monoisotopic (exact) mass is 365 g/mol. The number of hydrogen-bond acceptors (Lipinski definition) is 4. The molecule has 3 rings (SSSR count). The van der Waals surface area contributed by atoms with Crippen molar-refractivity contribution in [1.29, 1.82) is 0 Å². The summed E-state index contributed by atoms with van der Waals surface area (Å²) in [6.07, 6.45) is 2.53. The maximum Gasteiger partial charge on any atom is 0.255 e. The number of H-pyrrole nitrogens is 1. The molecule has 0 spiro atoms. The van der Waals surface area contributed by atoms with Crippen molar-refractivity contribution in [3.63, 3.8) is 0 Å². The number of aromatic nitrogens is 2. The van der Waals surface area contributed by atoms with Crippen molar-refractivity contribution in [2.24, 2.45) is 0 Å². The highest BCUT2D eigenvalue weighted by Gasteiger charge is 2.16. The van der Waals surface area contributed by atoms with Gasteiger partial charge in [0.05, 0.1) is 31.7 Å². The molecule has 0 fully saturated rings. The molecule has 0 aliphatic rings. The topological polar surface area (TPSA) is 76.2 Å². The van der Waals surface area contributed by atoms with Gasteiger partial charge in [-0.1, -0.05) is 31.2 Å². The zero-order valence-electron chi connectivity index (χ0n) is 15.7. The van der Waals surface area contributed by atoms with Gasteiger partial charge in [-0.2, -0.15) is 5.10 Å². The fourth-order valence-corrected chi connectivity index (χ4v) is 2.84. The van der Waals surface area contributed by atoms with E-state index in [1.807, 2.05) is 24.3 Å². The van der Waals surface area contributed by atoms with E-state index in [0.717, 1.165) is 17.5 Å². The predicted molar refractivity (Wildman–Crippen MR) is 104 cm³/mol. The molecule has 1 amide bonds. The zero-order valence-corrected chi connectivity index (χ0v) is 15.7. The third kappa shape index (κ3) is 4.11. The number of carbonyl (C=O) groups is 1. The maximum absolute atomic E-state index is 12.6. The summed E-state index contributed by atoms with van der Waals surface area (Å²) in [6.45, 7) is 2.57. The van der Waals surface area contributed by atoms with Gasteiger partial charge < -0.3 is 14.8 Å². The standard InChI is InChI=1S/C21H23N3O3/c1-4-14-5-7-15(8-6-14)12-22-21(25)17-13-23-24-20(17)16-9-10-18(26-2)19(11-16)27-3/h5-11,13H,4,12H2,1-3H3,(H,22,25)(H,23,24). The SMILES string of the molecule is CCc1ccc(CNC(=O)c2cn[nH]c2-c2ccc(OC)c(OC)c2)cc1. The Hall–Kier alpha value is -3.28. The first-order valence-corrected chi connectivity index (χ1v) is 8.78. The normalized spacial score (nSPS) is 10.5. The molecule has 6 heteroatoms. The van der Waals surface area contributed by atoms with Crippen LogP contribution in [-0.2, 0) is 13.0 Å². The first-order chi connectivity index (χ1) is 13.2. The number of benzene rings is 2. The van der Waals surface area contributed by atoms with Crippen LogP contribution in [0.25, 0.3) is 11.3 Å². The van der Waals surface area contributed by atoms with Gasteiger partial charge in [0.15, 0.2) is 11.5 Å². The Balaban J connectivity index is 1.76. The Morgan fingerprint density at radius 2 is 1.74 bits per heavy atom. The lowest BCUT2D eigenvalue weighted by molar-refractivity contribution is 0.0951. The summed E-state index contributed by atoms with van der Waals surface area (Å²) >= 11 is 0. The van der Waals surface area contributed by atoms with Crippen molar-refractivity contribution in [2.75, 3.05) is 14.2 Å². The Labute approximate surface area is 158 Å². The minimum absolute atomic E-state index is 0.187. The number of aryl methyl sites for hydroxylation is 1. The van der Waals surface area contributed by atoms with Crippen molar-refractivity contribution in [3.8, 4) is 22.8 Å². The number of aromatic amines is 1. The predicted octanol–water partition coefficient (Wildman–Crippen LogP) is 3.59. The summed E-state index contributed by atoms with van der Waals surface area (Å²) < 4.78 is 10.6. The number of ether oxygens (including phenoxy) is 2. The zero-order chi connectivity index (χ0) is 19.2. The second-order valence-corrected chi connectivity index (χ2v) is 6.08. The van der Waals surface area contributed by atoms with Gasteiger partial charge in [0.25, 0.3) is 5.91 Å². The molecule has 0 aliphatic carbocycles. The van der Waals surface area contributed by atoms with Crippen LogP contribution in [0.3, 0.4) is 0 Å². The summed E-state index contributed by atoms with van der Waals surface area (Å²) in [4.78, 5) is 12.6. The lowest BCUT2D eigenvalue weighted by Gasteiger charge is -2.10. The van der Waals surface area contributed by atoms with Crippen molar-refractivity contribution in [3.05, 3.63) is 65.4 Å². The summed E-state index contributed by atoms with van der Waals surface area (Å²) in [7, 11) is 3.16. The number of methoxy groups -OCH3 is 2. The molecular weight excluding hydrogens is 342 g/mol.